The van der Waals surface area contributed by atoms with E-state index >= 15 is 0 Å². The van der Waals surface area contributed by atoms with Crippen LogP contribution >= 0.6 is 11.6 Å². The molecule has 7 rings (SSSR count). The fourth-order valence-corrected chi connectivity index (χ4v) is 5.61. The number of hydrogen-bond acceptors (Lipinski definition) is 6. The maximum Gasteiger partial charge on any atom is 0.282 e. The van der Waals surface area contributed by atoms with Gasteiger partial charge in [0.15, 0.2) is 12.4 Å². The van der Waals surface area contributed by atoms with Gasteiger partial charge in [-0.15, -0.1) is 0 Å². The van der Waals surface area contributed by atoms with Crippen LogP contribution in [0.5, 0.6) is 5.75 Å². The smallest absolute Gasteiger partial charge is 0.282 e. The Hall–Kier alpha value is -5.93. The summed E-state index contributed by atoms with van der Waals surface area (Å²) in [5.74, 6) is 1.04. The second-order valence-electron chi connectivity index (χ2n) is 11.0. The summed E-state index contributed by atoms with van der Waals surface area (Å²) < 4.78 is 15.2. The van der Waals surface area contributed by atoms with Crippen LogP contribution in [0.3, 0.4) is 0 Å². The van der Waals surface area contributed by atoms with Crippen LogP contribution in [-0.2, 0) is 4.79 Å². The van der Waals surface area contributed by atoms with Crippen molar-refractivity contribution in [3.05, 3.63) is 142 Å². The number of para-hydroxylation sites is 2. The van der Waals surface area contributed by atoms with Gasteiger partial charge in [-0.2, -0.15) is 9.78 Å². The molecule has 0 aliphatic heterocycles. The highest BCUT2D eigenvalue weighted by atomic mass is 35.5. The van der Waals surface area contributed by atoms with E-state index in [1.807, 2.05) is 80.6 Å². The van der Waals surface area contributed by atoms with E-state index in [1.165, 1.54) is 4.68 Å². The molecule has 0 bridgehead atoms. The number of fused-ring (bicyclic) bond motifs is 2. The summed E-state index contributed by atoms with van der Waals surface area (Å²) in [5.41, 5.74) is 5.24. The van der Waals surface area contributed by atoms with Crippen molar-refractivity contribution >= 4 is 51.3 Å². The molecule has 1 N–H and O–H groups in total. The van der Waals surface area contributed by atoms with Crippen molar-refractivity contribution in [1.29, 1.82) is 0 Å². The van der Waals surface area contributed by atoms with Gasteiger partial charge in [0, 0.05) is 38.7 Å². The lowest BCUT2D eigenvalue weighted by Gasteiger charge is -2.12. The number of carbonyl (C=O) groups is 1. The van der Waals surface area contributed by atoms with Crippen LogP contribution < -0.4 is 15.6 Å². The molecular formula is C37H28ClN5O4. The number of aromatic nitrogens is 3. The number of aryl methyl sites for hydroxylation is 1. The van der Waals surface area contributed by atoms with Gasteiger partial charge in [0.25, 0.3) is 11.5 Å². The molecule has 0 spiro atoms. The Morgan fingerprint density at radius 1 is 0.957 bits per heavy atom. The molecule has 4 aromatic carbocycles. The van der Waals surface area contributed by atoms with Crippen LogP contribution in [0.15, 0.2) is 124 Å². The molecule has 1 amide bonds. The molecule has 0 radical (unpaired) electrons. The molecule has 47 heavy (non-hydrogen) atoms. The molecule has 10 heteroatoms. The quantitative estimate of drug-likeness (QED) is 0.171. The molecule has 0 fully saturated rings. The van der Waals surface area contributed by atoms with Crippen LogP contribution in [0.2, 0.25) is 5.02 Å². The third-order valence-electron chi connectivity index (χ3n) is 7.78. The number of hydrogen-bond donors (Lipinski definition) is 1. The lowest BCUT2D eigenvalue weighted by Crippen LogP contribution is -2.20. The highest BCUT2D eigenvalue weighted by Crippen LogP contribution is 2.28. The molecular weight excluding hydrogens is 614 g/mol. The van der Waals surface area contributed by atoms with E-state index in [9.17, 15) is 9.59 Å². The molecule has 0 saturated heterocycles. The van der Waals surface area contributed by atoms with E-state index in [-0.39, 0.29) is 18.1 Å². The third-order valence-corrected chi connectivity index (χ3v) is 8.03. The van der Waals surface area contributed by atoms with Crippen LogP contribution in [0.25, 0.3) is 39.1 Å². The maximum absolute atomic E-state index is 13.7. The van der Waals surface area contributed by atoms with E-state index in [4.69, 9.17) is 25.7 Å². The van der Waals surface area contributed by atoms with Crippen LogP contribution in [0, 0.1) is 13.8 Å². The SMILES string of the molecule is Cc1cc(C=Nn2c(-c3cc4ccccc4o3)nc3ccccc3c2=O)c(C)n1-c1ccc(OCC(=O)Nc2ccc(Cl)cc2)cc1. The number of rotatable bonds is 8. The summed E-state index contributed by atoms with van der Waals surface area (Å²) in [4.78, 5) is 30.8. The van der Waals surface area contributed by atoms with Crippen molar-refractivity contribution in [1.82, 2.24) is 14.2 Å². The minimum atomic E-state index is -0.298. The topological polar surface area (TPSA) is 104 Å². The number of benzene rings is 4. The molecule has 3 aromatic heterocycles. The predicted molar refractivity (Wildman–Crippen MR) is 185 cm³/mol. The first-order valence-corrected chi connectivity index (χ1v) is 15.2. The Labute approximate surface area is 274 Å². The van der Waals surface area contributed by atoms with Gasteiger partial charge in [0.1, 0.15) is 11.3 Å². The van der Waals surface area contributed by atoms with Crippen molar-refractivity contribution in [2.75, 3.05) is 11.9 Å². The Morgan fingerprint density at radius 2 is 1.70 bits per heavy atom. The highest BCUT2D eigenvalue weighted by Gasteiger charge is 2.17. The van der Waals surface area contributed by atoms with E-state index < -0.39 is 0 Å². The minimum Gasteiger partial charge on any atom is -0.484 e. The average Bonchev–Trinajstić information content (AvgIpc) is 3.64. The standard InChI is InChI=1S/C37H28ClN5O4/c1-23-19-26(24(2)42(23)29-15-17-30(18-16-29)46-22-35(44)40-28-13-11-27(38)12-14-28)21-39-43-36(34-20-25-7-3-6-10-33(25)47-34)41-32-9-5-4-8-31(32)37(43)45/h3-21H,22H2,1-2H3,(H,40,44). The summed E-state index contributed by atoms with van der Waals surface area (Å²) in [6.45, 7) is 3.85. The number of ether oxygens (including phenoxy) is 1. The number of amides is 1. The molecule has 7 aromatic rings. The fraction of sp³-hybridized carbons (Fsp3) is 0.0811. The molecule has 0 atom stereocenters. The molecule has 3 heterocycles. The molecule has 0 unspecified atom stereocenters. The Morgan fingerprint density at radius 3 is 2.49 bits per heavy atom. The zero-order valence-corrected chi connectivity index (χ0v) is 26.2. The second kappa shape index (κ2) is 12.5. The Bertz CT molecular complexity index is 2320. The van der Waals surface area contributed by atoms with Gasteiger partial charge in [0.2, 0.25) is 5.82 Å². The number of furan rings is 1. The van der Waals surface area contributed by atoms with Crippen molar-refractivity contribution in [3.63, 3.8) is 0 Å². The van der Waals surface area contributed by atoms with Gasteiger partial charge in [0.05, 0.1) is 17.1 Å². The molecule has 0 saturated carbocycles. The summed E-state index contributed by atoms with van der Waals surface area (Å²) in [6.07, 6.45) is 1.67. The summed E-state index contributed by atoms with van der Waals surface area (Å²) in [7, 11) is 0. The first kappa shape index (κ1) is 29.8. The van der Waals surface area contributed by atoms with E-state index in [0.717, 1.165) is 28.0 Å². The number of carbonyl (C=O) groups excluding carboxylic acids is 1. The summed E-state index contributed by atoms with van der Waals surface area (Å²) in [5, 5.41) is 9.39. The Kier molecular flexibility index (Phi) is 7.89. The minimum absolute atomic E-state index is 0.136. The third kappa shape index (κ3) is 6.04. The first-order chi connectivity index (χ1) is 22.8. The second-order valence-corrected chi connectivity index (χ2v) is 11.4. The van der Waals surface area contributed by atoms with Crippen molar-refractivity contribution in [2.45, 2.75) is 13.8 Å². The van der Waals surface area contributed by atoms with Crippen molar-refractivity contribution in [2.24, 2.45) is 5.10 Å². The van der Waals surface area contributed by atoms with Crippen LogP contribution in [-0.4, -0.2) is 33.0 Å². The summed E-state index contributed by atoms with van der Waals surface area (Å²) >= 11 is 5.91. The van der Waals surface area contributed by atoms with Crippen LogP contribution in [0.4, 0.5) is 5.69 Å². The van der Waals surface area contributed by atoms with Gasteiger partial charge in [-0.3, -0.25) is 9.59 Å². The molecule has 232 valence electrons. The first-order valence-electron chi connectivity index (χ1n) is 14.9. The molecule has 0 aliphatic rings. The number of nitrogens with zero attached hydrogens (tertiary/aromatic N) is 4. The largest absolute Gasteiger partial charge is 0.484 e. The zero-order valence-electron chi connectivity index (χ0n) is 25.5. The number of halogens is 1. The highest BCUT2D eigenvalue weighted by molar-refractivity contribution is 6.30. The summed E-state index contributed by atoms with van der Waals surface area (Å²) in [6, 6.07) is 33.1. The van der Waals surface area contributed by atoms with Crippen LogP contribution in [0.1, 0.15) is 17.0 Å². The number of anilines is 1. The lowest BCUT2D eigenvalue weighted by atomic mass is 10.2. The Balaban J connectivity index is 1.14. The normalized spacial score (nSPS) is 11.5. The molecule has 9 nitrogen and oxygen atoms in total. The fourth-order valence-electron chi connectivity index (χ4n) is 5.49. The van der Waals surface area contributed by atoms with Crippen molar-refractivity contribution < 1.29 is 13.9 Å². The van der Waals surface area contributed by atoms with Gasteiger partial charge < -0.3 is 19.0 Å². The maximum atomic E-state index is 13.7. The number of nitrogens with one attached hydrogen (secondary N) is 1. The predicted octanol–water partition coefficient (Wildman–Crippen LogP) is 7.77. The van der Waals surface area contributed by atoms with Crippen molar-refractivity contribution in [3.8, 4) is 23.0 Å². The van der Waals surface area contributed by atoms with Gasteiger partial charge in [-0.05, 0) is 92.7 Å². The monoisotopic (exact) mass is 641 g/mol. The van der Waals surface area contributed by atoms with E-state index in [0.29, 0.717) is 44.5 Å². The molecule has 0 aliphatic carbocycles. The van der Waals surface area contributed by atoms with Gasteiger partial charge in [-0.1, -0.05) is 41.9 Å². The van der Waals surface area contributed by atoms with Gasteiger partial charge >= 0.3 is 0 Å². The average molecular weight is 642 g/mol. The van der Waals surface area contributed by atoms with E-state index in [1.54, 1.807) is 48.7 Å². The lowest BCUT2D eigenvalue weighted by molar-refractivity contribution is -0.118. The van der Waals surface area contributed by atoms with Gasteiger partial charge in [-0.25, -0.2) is 4.98 Å². The zero-order chi connectivity index (χ0) is 32.5. The van der Waals surface area contributed by atoms with E-state index in [2.05, 4.69) is 15.0 Å².